The van der Waals surface area contributed by atoms with Crippen LogP contribution >= 0.6 is 75.0 Å². The van der Waals surface area contributed by atoms with E-state index in [1.165, 1.54) is 0 Å². The van der Waals surface area contributed by atoms with Gasteiger partial charge >= 0.3 is 0 Å². The second kappa shape index (κ2) is 11.0. The molecule has 1 unspecified atom stereocenters. The van der Waals surface area contributed by atoms with Crippen molar-refractivity contribution in [2.75, 3.05) is 11.9 Å². The minimum atomic E-state index is -0.0819. The van der Waals surface area contributed by atoms with Crippen LogP contribution in [0.25, 0.3) is 10.2 Å². The number of nitrogens with one attached hydrogen (secondary N) is 1. The number of thiazole rings is 1. The lowest BCUT2D eigenvalue weighted by Gasteiger charge is -2.07. The number of aliphatic hydroxyl groups excluding tert-OH is 1. The summed E-state index contributed by atoms with van der Waals surface area (Å²) in [6.07, 6.45) is 3.05. The lowest BCUT2D eigenvalue weighted by Crippen LogP contribution is -2.23. The van der Waals surface area contributed by atoms with Crippen LogP contribution in [0.3, 0.4) is 0 Å². The number of aromatic nitrogens is 2. The van der Waals surface area contributed by atoms with Gasteiger partial charge in [-0.2, -0.15) is 0 Å². The summed E-state index contributed by atoms with van der Waals surface area (Å²) >= 11 is 13.1. The number of rotatable bonds is 7. The van der Waals surface area contributed by atoms with Crippen molar-refractivity contribution in [1.82, 2.24) is 9.97 Å². The van der Waals surface area contributed by atoms with Gasteiger partial charge in [0.05, 0.1) is 26.9 Å². The molecule has 26 heavy (non-hydrogen) atoms. The van der Waals surface area contributed by atoms with Gasteiger partial charge in [-0.05, 0) is 28.8 Å². The van der Waals surface area contributed by atoms with Crippen LogP contribution in [-0.4, -0.2) is 27.7 Å². The Morgan fingerprint density at radius 2 is 2.15 bits per heavy atom. The van der Waals surface area contributed by atoms with Gasteiger partial charge in [-0.25, -0.2) is 9.97 Å². The van der Waals surface area contributed by atoms with Crippen LogP contribution in [0.5, 0.6) is 0 Å². The molecule has 0 spiro atoms. The fraction of sp³-hybridized carbons (Fsp3) is 0.333. The molecular formula is C15H18BrCl3N4OS2. The van der Waals surface area contributed by atoms with Gasteiger partial charge in [0.15, 0.2) is 0 Å². The van der Waals surface area contributed by atoms with E-state index in [-0.39, 0.29) is 37.5 Å². The first kappa shape index (κ1) is 23.8. The second-order valence-electron chi connectivity index (χ2n) is 5.27. The first-order valence-corrected chi connectivity index (χ1v) is 10.2. The molecule has 3 aromatic rings. The number of halogens is 4. The van der Waals surface area contributed by atoms with Gasteiger partial charge in [0.25, 0.3) is 0 Å². The first-order valence-electron chi connectivity index (χ1n) is 7.34. The number of anilines is 1. The van der Waals surface area contributed by atoms with E-state index >= 15 is 0 Å². The van der Waals surface area contributed by atoms with E-state index in [0.29, 0.717) is 24.5 Å². The molecule has 3 aromatic heterocycles. The molecule has 5 nitrogen and oxygen atoms in total. The molecule has 3 heterocycles. The summed E-state index contributed by atoms with van der Waals surface area (Å²) in [6, 6.07) is 1.75. The summed E-state index contributed by atoms with van der Waals surface area (Å²) in [5.74, 6) is 0. The molecule has 0 bridgehead atoms. The lowest BCUT2D eigenvalue weighted by atomic mass is 10.1. The van der Waals surface area contributed by atoms with Crippen molar-refractivity contribution in [3.05, 3.63) is 37.2 Å². The Kier molecular flexibility index (Phi) is 10.1. The van der Waals surface area contributed by atoms with Crippen molar-refractivity contribution >= 4 is 90.9 Å². The molecule has 0 aromatic carbocycles. The highest BCUT2D eigenvalue weighted by atomic mass is 79.9. The SMILES string of the molecule is Cl.Cl.NC(CCO)Cc1sc2c(NCc3nccs3)cc(Cl)nc2c1Br. The molecular weight excluding hydrogens is 503 g/mol. The lowest BCUT2D eigenvalue weighted by molar-refractivity contribution is 0.275. The fourth-order valence-electron chi connectivity index (χ4n) is 2.33. The van der Waals surface area contributed by atoms with Crippen molar-refractivity contribution < 1.29 is 5.11 Å². The number of fused-ring (bicyclic) bond motifs is 1. The van der Waals surface area contributed by atoms with E-state index in [2.05, 4.69) is 31.2 Å². The highest BCUT2D eigenvalue weighted by molar-refractivity contribution is 9.10. The summed E-state index contributed by atoms with van der Waals surface area (Å²) in [5.41, 5.74) is 7.83. The highest BCUT2D eigenvalue weighted by Crippen LogP contribution is 2.40. The zero-order chi connectivity index (χ0) is 17.1. The maximum Gasteiger partial charge on any atom is 0.131 e. The molecule has 1 atom stereocenters. The second-order valence-corrected chi connectivity index (χ2v) is 8.53. The number of pyridine rings is 1. The predicted molar refractivity (Wildman–Crippen MR) is 120 cm³/mol. The van der Waals surface area contributed by atoms with Crippen molar-refractivity contribution in [2.24, 2.45) is 5.73 Å². The number of thiophene rings is 1. The first-order chi connectivity index (χ1) is 11.6. The molecule has 144 valence electrons. The Morgan fingerprint density at radius 1 is 1.38 bits per heavy atom. The van der Waals surface area contributed by atoms with Crippen LogP contribution in [0, 0.1) is 0 Å². The Labute approximate surface area is 185 Å². The smallest absolute Gasteiger partial charge is 0.131 e. The molecule has 11 heteroatoms. The number of hydrogen-bond acceptors (Lipinski definition) is 7. The molecule has 0 aliphatic heterocycles. The third kappa shape index (κ3) is 5.65. The van der Waals surface area contributed by atoms with E-state index in [9.17, 15) is 0 Å². The standard InChI is InChI=1S/C15H16BrClN4OS2.2ClH/c16-13-10(5-8(18)1-3-22)24-15-9(6-11(17)21-14(13)15)20-7-12-19-2-4-23-12;;/h2,4,6,8,22H,1,3,5,7,18H2,(H,20,21);2*1H. The van der Waals surface area contributed by atoms with Crippen LogP contribution in [-0.2, 0) is 13.0 Å². The van der Waals surface area contributed by atoms with E-state index in [0.717, 1.165) is 30.3 Å². The maximum absolute atomic E-state index is 9.03. The largest absolute Gasteiger partial charge is 0.396 e. The van der Waals surface area contributed by atoms with Crippen LogP contribution in [0.2, 0.25) is 5.15 Å². The van der Waals surface area contributed by atoms with E-state index in [1.54, 1.807) is 28.9 Å². The molecule has 0 saturated heterocycles. The van der Waals surface area contributed by atoms with Crippen molar-refractivity contribution in [1.29, 1.82) is 0 Å². The van der Waals surface area contributed by atoms with Crippen LogP contribution in [0.15, 0.2) is 22.1 Å². The van der Waals surface area contributed by atoms with E-state index < -0.39 is 0 Å². The minimum Gasteiger partial charge on any atom is -0.396 e. The van der Waals surface area contributed by atoms with Gasteiger partial charge in [-0.15, -0.1) is 47.5 Å². The van der Waals surface area contributed by atoms with Gasteiger partial charge in [0, 0.05) is 35.2 Å². The number of nitrogens with zero attached hydrogens (tertiary/aromatic N) is 2. The van der Waals surface area contributed by atoms with Crippen LogP contribution in [0.4, 0.5) is 5.69 Å². The highest BCUT2D eigenvalue weighted by Gasteiger charge is 2.17. The molecule has 0 fully saturated rings. The maximum atomic E-state index is 9.03. The number of aliphatic hydroxyl groups is 1. The monoisotopic (exact) mass is 518 g/mol. The van der Waals surface area contributed by atoms with E-state index in [4.69, 9.17) is 22.4 Å². The summed E-state index contributed by atoms with van der Waals surface area (Å²) in [5, 5.41) is 15.8. The van der Waals surface area contributed by atoms with E-state index in [1.807, 2.05) is 11.4 Å². The predicted octanol–water partition coefficient (Wildman–Crippen LogP) is 4.88. The van der Waals surface area contributed by atoms with Gasteiger partial charge < -0.3 is 16.2 Å². The normalized spacial score (nSPS) is 11.7. The average Bonchev–Trinajstić information content (AvgIpc) is 3.15. The summed E-state index contributed by atoms with van der Waals surface area (Å²) in [7, 11) is 0. The van der Waals surface area contributed by atoms with Crippen molar-refractivity contribution in [2.45, 2.75) is 25.4 Å². The Balaban J connectivity index is 0.00000169. The van der Waals surface area contributed by atoms with Gasteiger partial charge in [-0.3, -0.25) is 0 Å². The Hall–Kier alpha value is -0.190. The number of nitrogens with two attached hydrogens (primary N) is 1. The third-order valence-electron chi connectivity index (χ3n) is 3.48. The molecule has 0 saturated carbocycles. The molecule has 3 rings (SSSR count). The van der Waals surface area contributed by atoms with Gasteiger partial charge in [0.1, 0.15) is 10.2 Å². The summed E-state index contributed by atoms with van der Waals surface area (Å²) in [4.78, 5) is 9.83. The Bertz CT molecular complexity index is 832. The van der Waals surface area contributed by atoms with Crippen molar-refractivity contribution in [3.63, 3.8) is 0 Å². The molecule has 0 radical (unpaired) electrons. The molecule has 0 amide bonds. The van der Waals surface area contributed by atoms with Crippen LogP contribution < -0.4 is 11.1 Å². The summed E-state index contributed by atoms with van der Waals surface area (Å²) in [6.45, 7) is 0.733. The minimum absolute atomic E-state index is 0. The van der Waals surface area contributed by atoms with Crippen molar-refractivity contribution in [3.8, 4) is 0 Å². The molecule has 0 aliphatic carbocycles. The Morgan fingerprint density at radius 3 is 2.81 bits per heavy atom. The van der Waals surface area contributed by atoms with Gasteiger partial charge in [0.2, 0.25) is 0 Å². The quantitative estimate of drug-likeness (QED) is 0.387. The number of hydrogen-bond donors (Lipinski definition) is 3. The topological polar surface area (TPSA) is 84.1 Å². The third-order valence-corrected chi connectivity index (χ3v) is 6.81. The van der Waals surface area contributed by atoms with Gasteiger partial charge in [-0.1, -0.05) is 11.6 Å². The zero-order valence-corrected chi connectivity index (χ0v) is 19.1. The average molecular weight is 521 g/mol. The molecule has 0 aliphatic rings. The zero-order valence-electron chi connectivity index (χ0n) is 13.4. The summed E-state index contributed by atoms with van der Waals surface area (Å²) < 4.78 is 1.96. The molecule has 4 N–H and O–H groups in total. The fourth-order valence-corrected chi connectivity index (χ4v) is 5.12. The van der Waals surface area contributed by atoms with Crippen LogP contribution in [0.1, 0.15) is 16.3 Å².